The Kier molecular flexibility index (Phi) is 5.26. The maximum absolute atomic E-state index is 11.9. The fourth-order valence-corrected chi connectivity index (χ4v) is 3.15. The van der Waals surface area contributed by atoms with Crippen LogP contribution in [0.1, 0.15) is 22.7 Å². The van der Waals surface area contributed by atoms with Crippen LogP contribution in [0, 0.1) is 0 Å². The minimum atomic E-state index is -1.45. The highest BCUT2D eigenvalue weighted by molar-refractivity contribution is 5.46. The molecule has 0 saturated heterocycles. The minimum Gasteiger partial charge on any atom is -0.497 e. The number of aliphatic hydroxyl groups is 1. The smallest absolute Gasteiger partial charge is 0.134 e. The topological polar surface area (TPSA) is 64.7 Å². The summed E-state index contributed by atoms with van der Waals surface area (Å²) in [6, 6.07) is 23.6. The van der Waals surface area contributed by atoms with Crippen LogP contribution in [0.3, 0.4) is 0 Å². The second kappa shape index (κ2) is 7.60. The SMILES string of the molecule is COc1cccc(C(O)(c2cccc(OC)c2)[C@H](N)c2ccccc2)c1. The fraction of sp³-hybridized carbons (Fsp3) is 0.182. The second-order valence-corrected chi connectivity index (χ2v) is 6.12. The molecule has 3 N–H and O–H groups in total. The van der Waals surface area contributed by atoms with Crippen LogP contribution in [-0.2, 0) is 5.60 Å². The van der Waals surface area contributed by atoms with Crippen molar-refractivity contribution in [2.24, 2.45) is 5.73 Å². The predicted octanol–water partition coefficient (Wildman–Crippen LogP) is 3.64. The fourth-order valence-electron chi connectivity index (χ4n) is 3.15. The van der Waals surface area contributed by atoms with E-state index in [1.54, 1.807) is 14.2 Å². The molecule has 0 amide bonds. The minimum absolute atomic E-state index is 0.654. The van der Waals surface area contributed by atoms with Crippen molar-refractivity contribution in [1.29, 1.82) is 0 Å². The Labute approximate surface area is 153 Å². The highest BCUT2D eigenvalue weighted by Gasteiger charge is 2.39. The lowest BCUT2D eigenvalue weighted by Crippen LogP contribution is -2.39. The van der Waals surface area contributed by atoms with Gasteiger partial charge in [0.1, 0.15) is 17.1 Å². The Morgan fingerprint density at radius 3 is 1.73 bits per heavy atom. The maximum atomic E-state index is 11.9. The van der Waals surface area contributed by atoms with E-state index in [-0.39, 0.29) is 0 Å². The number of hydrogen-bond acceptors (Lipinski definition) is 4. The monoisotopic (exact) mass is 349 g/mol. The van der Waals surface area contributed by atoms with Gasteiger partial charge in [0.2, 0.25) is 0 Å². The van der Waals surface area contributed by atoms with Crippen molar-refractivity contribution in [2.45, 2.75) is 11.6 Å². The molecule has 0 saturated carbocycles. The van der Waals surface area contributed by atoms with Crippen LogP contribution in [0.4, 0.5) is 0 Å². The van der Waals surface area contributed by atoms with Gasteiger partial charge in [-0.2, -0.15) is 0 Å². The van der Waals surface area contributed by atoms with Gasteiger partial charge in [-0.25, -0.2) is 0 Å². The molecular weight excluding hydrogens is 326 g/mol. The third kappa shape index (κ3) is 3.29. The largest absolute Gasteiger partial charge is 0.497 e. The molecule has 0 aromatic heterocycles. The molecule has 0 radical (unpaired) electrons. The maximum Gasteiger partial charge on any atom is 0.134 e. The van der Waals surface area contributed by atoms with Gasteiger partial charge in [-0.1, -0.05) is 54.6 Å². The first kappa shape index (κ1) is 18.0. The van der Waals surface area contributed by atoms with Gasteiger partial charge in [0.25, 0.3) is 0 Å². The van der Waals surface area contributed by atoms with Gasteiger partial charge in [0.05, 0.1) is 20.3 Å². The summed E-state index contributed by atoms with van der Waals surface area (Å²) in [4.78, 5) is 0. The van der Waals surface area contributed by atoms with E-state index in [1.165, 1.54) is 0 Å². The van der Waals surface area contributed by atoms with Gasteiger partial charge in [-0.05, 0) is 41.0 Å². The van der Waals surface area contributed by atoms with E-state index in [0.29, 0.717) is 22.6 Å². The van der Waals surface area contributed by atoms with Gasteiger partial charge < -0.3 is 20.3 Å². The third-order valence-electron chi connectivity index (χ3n) is 4.63. The molecule has 0 heterocycles. The van der Waals surface area contributed by atoms with Gasteiger partial charge in [0.15, 0.2) is 0 Å². The van der Waals surface area contributed by atoms with Crippen molar-refractivity contribution < 1.29 is 14.6 Å². The molecular formula is C22H23NO3. The van der Waals surface area contributed by atoms with E-state index in [4.69, 9.17) is 15.2 Å². The van der Waals surface area contributed by atoms with E-state index < -0.39 is 11.6 Å². The van der Waals surface area contributed by atoms with Crippen molar-refractivity contribution in [3.05, 3.63) is 95.6 Å². The van der Waals surface area contributed by atoms with Gasteiger partial charge in [-0.15, -0.1) is 0 Å². The summed E-state index contributed by atoms with van der Waals surface area (Å²) < 4.78 is 10.7. The van der Waals surface area contributed by atoms with Crippen LogP contribution in [0.25, 0.3) is 0 Å². The van der Waals surface area contributed by atoms with Gasteiger partial charge in [0, 0.05) is 0 Å². The molecule has 0 aliphatic carbocycles. The molecule has 0 spiro atoms. The summed E-state index contributed by atoms with van der Waals surface area (Å²) in [5.41, 5.74) is 7.28. The standard InChI is InChI=1S/C22H23NO3/c1-25-19-12-6-10-17(14-19)22(24,18-11-7-13-20(15-18)26-2)21(23)16-8-4-3-5-9-16/h3-15,21,24H,23H2,1-2H3/t21-/m1/s1. The molecule has 1 atom stereocenters. The Bertz CT molecular complexity index is 817. The van der Waals surface area contributed by atoms with Crippen LogP contribution in [-0.4, -0.2) is 19.3 Å². The number of benzene rings is 3. The Balaban J connectivity index is 2.20. The first-order valence-electron chi connectivity index (χ1n) is 8.41. The zero-order chi connectivity index (χ0) is 18.6. The summed E-state index contributed by atoms with van der Waals surface area (Å²) in [5, 5.41) is 11.9. The number of ether oxygens (including phenoxy) is 2. The molecule has 0 aliphatic rings. The zero-order valence-electron chi connectivity index (χ0n) is 14.9. The highest BCUT2D eigenvalue weighted by atomic mass is 16.5. The Hall–Kier alpha value is -2.82. The predicted molar refractivity (Wildman–Crippen MR) is 102 cm³/mol. The lowest BCUT2D eigenvalue weighted by molar-refractivity contribution is 0.0508. The van der Waals surface area contributed by atoms with Crippen molar-refractivity contribution in [2.75, 3.05) is 14.2 Å². The molecule has 3 aromatic rings. The third-order valence-corrected chi connectivity index (χ3v) is 4.63. The number of methoxy groups -OCH3 is 2. The second-order valence-electron chi connectivity index (χ2n) is 6.12. The average Bonchev–Trinajstić information content (AvgIpc) is 2.73. The van der Waals surface area contributed by atoms with Crippen molar-refractivity contribution in [3.63, 3.8) is 0 Å². The first-order chi connectivity index (χ1) is 12.6. The van der Waals surface area contributed by atoms with Gasteiger partial charge in [-0.3, -0.25) is 0 Å². The molecule has 0 bridgehead atoms. The summed E-state index contributed by atoms with van der Waals surface area (Å²) in [5.74, 6) is 1.31. The summed E-state index contributed by atoms with van der Waals surface area (Å²) in [6.45, 7) is 0. The van der Waals surface area contributed by atoms with Crippen molar-refractivity contribution in [3.8, 4) is 11.5 Å². The van der Waals surface area contributed by atoms with Gasteiger partial charge >= 0.3 is 0 Å². The molecule has 3 rings (SSSR count). The van der Waals surface area contributed by atoms with Crippen LogP contribution < -0.4 is 15.2 Å². The molecule has 4 nitrogen and oxygen atoms in total. The van der Waals surface area contributed by atoms with E-state index in [1.807, 2.05) is 78.9 Å². The van der Waals surface area contributed by atoms with Crippen LogP contribution >= 0.6 is 0 Å². The molecule has 0 unspecified atom stereocenters. The van der Waals surface area contributed by atoms with Crippen LogP contribution in [0.5, 0.6) is 11.5 Å². The van der Waals surface area contributed by atoms with E-state index in [9.17, 15) is 5.11 Å². The quantitative estimate of drug-likeness (QED) is 0.713. The molecule has 26 heavy (non-hydrogen) atoms. The summed E-state index contributed by atoms with van der Waals surface area (Å²) in [7, 11) is 3.20. The number of hydrogen-bond donors (Lipinski definition) is 2. The summed E-state index contributed by atoms with van der Waals surface area (Å²) in [6.07, 6.45) is 0. The van der Waals surface area contributed by atoms with E-state index in [2.05, 4.69) is 0 Å². The van der Waals surface area contributed by atoms with Crippen molar-refractivity contribution >= 4 is 0 Å². The zero-order valence-corrected chi connectivity index (χ0v) is 14.9. The number of rotatable bonds is 6. The Morgan fingerprint density at radius 1 is 0.769 bits per heavy atom. The first-order valence-corrected chi connectivity index (χ1v) is 8.41. The Morgan fingerprint density at radius 2 is 1.27 bits per heavy atom. The van der Waals surface area contributed by atoms with Crippen LogP contribution in [0.2, 0.25) is 0 Å². The highest BCUT2D eigenvalue weighted by Crippen LogP contribution is 2.41. The van der Waals surface area contributed by atoms with Crippen LogP contribution in [0.15, 0.2) is 78.9 Å². The lowest BCUT2D eigenvalue weighted by atomic mass is 9.77. The molecule has 3 aromatic carbocycles. The molecule has 0 aliphatic heterocycles. The van der Waals surface area contributed by atoms with E-state index in [0.717, 1.165) is 5.56 Å². The molecule has 134 valence electrons. The normalized spacial score (nSPS) is 12.5. The number of nitrogens with two attached hydrogens (primary N) is 1. The van der Waals surface area contributed by atoms with Crippen molar-refractivity contribution in [1.82, 2.24) is 0 Å². The van der Waals surface area contributed by atoms with E-state index >= 15 is 0 Å². The summed E-state index contributed by atoms with van der Waals surface area (Å²) >= 11 is 0. The average molecular weight is 349 g/mol. The molecule has 4 heteroatoms. The molecule has 0 fully saturated rings. The lowest BCUT2D eigenvalue weighted by Gasteiger charge is -2.35.